The lowest BCUT2D eigenvalue weighted by Crippen LogP contribution is -2.65. The summed E-state index contributed by atoms with van der Waals surface area (Å²) >= 11 is 5.48. The predicted molar refractivity (Wildman–Crippen MR) is 75.4 cm³/mol. The zero-order valence-electron chi connectivity index (χ0n) is 12.3. The second-order valence-electron chi connectivity index (χ2n) is 4.41. The molecule has 0 bridgehead atoms. The fourth-order valence-corrected chi connectivity index (χ4v) is 2.97. The highest BCUT2D eigenvalue weighted by Crippen LogP contribution is 2.47. The van der Waals surface area contributed by atoms with Gasteiger partial charge in [-0.05, 0) is 19.1 Å². The Morgan fingerprint density at radius 3 is 1.88 bits per heavy atom. The number of sulfonamides is 1. The van der Waals surface area contributed by atoms with Gasteiger partial charge in [-0.1, -0.05) is 28.1 Å². The minimum Gasteiger partial charge on any atom is -0.372 e. The molecule has 0 aliphatic carbocycles. The van der Waals surface area contributed by atoms with Gasteiger partial charge in [-0.15, -0.1) is 0 Å². The summed E-state index contributed by atoms with van der Waals surface area (Å²) in [6, 6.07) is -1.57. The normalized spacial score (nSPS) is 15.1. The van der Waals surface area contributed by atoms with Crippen LogP contribution in [-0.4, -0.2) is 37.1 Å². The minimum absolute atomic E-state index is 0.250. The van der Waals surface area contributed by atoms with Crippen LogP contribution in [-0.2, 0) is 14.8 Å². The molecule has 0 fully saturated rings. The van der Waals surface area contributed by atoms with Crippen molar-refractivity contribution in [1.29, 1.82) is 0 Å². The summed E-state index contributed by atoms with van der Waals surface area (Å²) in [5.74, 6) is 4.61. The first-order valence-corrected chi connectivity index (χ1v) is 7.74. The van der Waals surface area contributed by atoms with E-state index in [0.717, 1.165) is 18.2 Å². The van der Waals surface area contributed by atoms with Crippen molar-refractivity contribution in [3.05, 3.63) is 29.3 Å². The number of halogens is 7. The van der Waals surface area contributed by atoms with Crippen molar-refractivity contribution in [1.82, 2.24) is 4.41 Å². The van der Waals surface area contributed by atoms with Crippen molar-refractivity contribution in [3.63, 3.8) is 0 Å². The summed E-state index contributed by atoms with van der Waals surface area (Å²) in [6.07, 6.45) is -5.82. The Labute approximate surface area is 143 Å². The molecular weight excluding hydrogens is 404 g/mol. The van der Waals surface area contributed by atoms with Crippen molar-refractivity contribution in [2.45, 2.75) is 29.7 Å². The maximum absolute atomic E-state index is 13.7. The van der Waals surface area contributed by atoms with Crippen LogP contribution >= 0.6 is 11.6 Å². The van der Waals surface area contributed by atoms with Crippen LogP contribution in [0.15, 0.2) is 29.2 Å². The highest BCUT2D eigenvalue weighted by atomic mass is 35.5. The number of hydrogen-bond donors (Lipinski definition) is 2. The molecule has 4 N–H and O–H groups in total. The number of nitrogens with zero attached hydrogens (tertiary/aromatic N) is 1. The Morgan fingerprint density at radius 1 is 1.12 bits per heavy atom. The number of carbonyl (C=O) groups excluding carboxylic acids is 1. The van der Waals surface area contributed by atoms with E-state index in [1.54, 1.807) is 0 Å². The molecule has 144 valence electrons. The predicted octanol–water partition coefficient (Wildman–Crippen LogP) is 2.19. The van der Waals surface area contributed by atoms with Gasteiger partial charge in [-0.3, -0.25) is 4.79 Å². The third-order valence-corrected chi connectivity index (χ3v) is 4.85. The topological polar surface area (TPSA) is 106 Å². The van der Waals surface area contributed by atoms with E-state index in [1.807, 2.05) is 0 Å². The zero-order chi connectivity index (χ0) is 20.3. The van der Waals surface area contributed by atoms with E-state index in [2.05, 4.69) is 11.6 Å². The first-order chi connectivity index (χ1) is 11.1. The van der Waals surface area contributed by atoms with Crippen molar-refractivity contribution in [3.8, 4) is 0 Å². The summed E-state index contributed by atoms with van der Waals surface area (Å²) in [7, 11) is -5.38. The van der Waals surface area contributed by atoms with E-state index in [0.29, 0.717) is 0 Å². The van der Waals surface area contributed by atoms with E-state index in [1.165, 1.54) is 6.07 Å². The number of carbonyl (C=O) groups is 1. The lowest BCUT2D eigenvalue weighted by molar-refractivity contribution is -0.322. The number of hydrogen-bond acceptors (Lipinski definition) is 4. The smallest absolute Gasteiger partial charge is 0.372 e. The molecule has 1 aromatic rings. The van der Waals surface area contributed by atoms with Gasteiger partial charge in [0.05, 0.1) is 5.02 Å². The molecule has 0 aromatic heterocycles. The molecule has 0 aliphatic rings. The van der Waals surface area contributed by atoms with E-state index >= 15 is 0 Å². The van der Waals surface area contributed by atoms with Crippen LogP contribution in [0.5, 0.6) is 0 Å². The molecule has 0 aliphatic heterocycles. The summed E-state index contributed by atoms with van der Waals surface area (Å²) < 4.78 is 100. The lowest BCUT2D eigenvalue weighted by Gasteiger charge is -2.36. The van der Waals surface area contributed by atoms with Crippen LogP contribution in [0.2, 0.25) is 5.02 Å². The number of amides is 1. The third kappa shape index (κ3) is 4.54. The first kappa shape index (κ1) is 23.4. The van der Waals surface area contributed by atoms with Crippen molar-refractivity contribution in [2.75, 3.05) is 0 Å². The van der Waals surface area contributed by atoms with Gasteiger partial charge in [0, 0.05) is 0 Å². The van der Waals surface area contributed by atoms with Gasteiger partial charge >= 0.3 is 12.2 Å². The molecule has 0 spiro atoms. The highest BCUT2D eigenvalue weighted by molar-refractivity contribution is 7.89. The van der Waals surface area contributed by atoms with Gasteiger partial charge in [-0.2, -0.15) is 22.0 Å². The van der Waals surface area contributed by atoms with Gasteiger partial charge in [0.1, 0.15) is 4.90 Å². The SMILES string of the molecule is CC(F)(C(F)(F)F)C(F)(F)N(N)S(=O)(=O)c1ccccc1Cl.NC=O. The Morgan fingerprint density at radius 2 is 1.52 bits per heavy atom. The van der Waals surface area contributed by atoms with Gasteiger partial charge in [-0.25, -0.2) is 18.7 Å². The first-order valence-electron chi connectivity index (χ1n) is 5.92. The summed E-state index contributed by atoms with van der Waals surface area (Å²) in [6.45, 7) is -0.519. The molecule has 14 heteroatoms. The second kappa shape index (κ2) is 7.76. The fraction of sp³-hybridized carbons (Fsp3) is 0.364. The number of primary amides is 1. The Kier molecular flexibility index (Phi) is 7.27. The molecule has 1 unspecified atom stereocenters. The Hall–Kier alpha value is -1.57. The molecule has 1 amide bonds. The molecule has 1 atom stereocenters. The number of hydrazine groups is 1. The number of rotatable bonds is 4. The van der Waals surface area contributed by atoms with Gasteiger partial charge in [0.25, 0.3) is 15.7 Å². The molecule has 0 saturated carbocycles. The maximum Gasteiger partial charge on any atom is 0.429 e. The average Bonchev–Trinajstić information content (AvgIpc) is 2.46. The third-order valence-electron chi connectivity index (χ3n) is 2.75. The molecule has 0 radical (unpaired) electrons. The zero-order valence-corrected chi connectivity index (χ0v) is 13.8. The van der Waals surface area contributed by atoms with Crippen molar-refractivity contribution >= 4 is 28.0 Å². The van der Waals surface area contributed by atoms with Crippen LogP contribution in [0, 0.1) is 0 Å². The summed E-state index contributed by atoms with van der Waals surface area (Å²) in [4.78, 5) is 7.59. The van der Waals surface area contributed by atoms with Gasteiger partial charge < -0.3 is 5.73 Å². The lowest BCUT2D eigenvalue weighted by atomic mass is 10.1. The van der Waals surface area contributed by atoms with Crippen LogP contribution in [0.1, 0.15) is 6.92 Å². The number of alkyl halides is 6. The maximum atomic E-state index is 13.7. The van der Waals surface area contributed by atoms with Crippen LogP contribution < -0.4 is 11.6 Å². The monoisotopic (exact) mass is 415 g/mol. The average molecular weight is 416 g/mol. The molecule has 0 saturated heterocycles. The van der Waals surface area contributed by atoms with E-state index < -0.39 is 49.2 Å². The molecule has 6 nitrogen and oxygen atoms in total. The Balaban J connectivity index is 0.00000178. The highest BCUT2D eigenvalue weighted by Gasteiger charge is 2.72. The molecule has 1 rings (SSSR count). The molecular formula is C11H12ClF6N3O3S. The van der Waals surface area contributed by atoms with Crippen LogP contribution in [0.25, 0.3) is 0 Å². The quantitative estimate of drug-likeness (QED) is 0.258. The van der Waals surface area contributed by atoms with E-state index in [4.69, 9.17) is 16.4 Å². The van der Waals surface area contributed by atoms with Crippen molar-refractivity contribution in [2.24, 2.45) is 11.6 Å². The second-order valence-corrected chi connectivity index (χ2v) is 6.60. The van der Waals surface area contributed by atoms with Crippen LogP contribution in [0.4, 0.5) is 26.3 Å². The number of benzene rings is 1. The van der Waals surface area contributed by atoms with E-state index in [-0.39, 0.29) is 6.41 Å². The number of nitrogens with two attached hydrogens (primary N) is 2. The van der Waals surface area contributed by atoms with Crippen LogP contribution in [0.3, 0.4) is 0 Å². The summed E-state index contributed by atoms with van der Waals surface area (Å²) in [5.41, 5.74) is -1.05. The van der Waals surface area contributed by atoms with E-state index in [9.17, 15) is 34.8 Å². The molecule has 0 heterocycles. The largest absolute Gasteiger partial charge is 0.429 e. The standard InChI is InChI=1S/C10H9ClF6N2O2S.CH3NO/c1-8(12,9(13,14)15)10(16,17)19(18)22(20,21)7-5-3-2-4-6(7)11;2-1-3/h2-5H,18H2,1H3;1H,(H2,2,3). The molecule has 25 heavy (non-hydrogen) atoms. The van der Waals surface area contributed by atoms with Crippen molar-refractivity contribution < 1.29 is 39.6 Å². The van der Waals surface area contributed by atoms with Gasteiger partial charge in [0.15, 0.2) is 0 Å². The molecule has 1 aromatic carbocycles. The Bertz CT molecular complexity index is 711. The summed E-state index contributed by atoms with van der Waals surface area (Å²) in [5, 5.41) is -0.568. The van der Waals surface area contributed by atoms with Gasteiger partial charge in [0.2, 0.25) is 6.41 Å². The fourth-order valence-electron chi connectivity index (χ4n) is 1.29. The minimum atomic E-state index is -6.07.